The summed E-state index contributed by atoms with van der Waals surface area (Å²) >= 11 is 0. The number of carbonyl (C=O) groups excluding carboxylic acids is 1. The SMILES string of the molecule is COC(=O)C(C)(N)Cc1ccc(OC)cc1OC. The Bertz CT molecular complexity index is 429. The van der Waals surface area contributed by atoms with Crippen molar-refractivity contribution in [2.45, 2.75) is 18.9 Å². The average Bonchev–Trinajstić information content (AvgIpc) is 2.37. The summed E-state index contributed by atoms with van der Waals surface area (Å²) in [6.07, 6.45) is 0.326. The van der Waals surface area contributed by atoms with Crippen molar-refractivity contribution in [1.29, 1.82) is 0 Å². The summed E-state index contributed by atoms with van der Waals surface area (Å²) in [5.74, 6) is 0.864. The van der Waals surface area contributed by atoms with Crippen molar-refractivity contribution >= 4 is 5.97 Å². The van der Waals surface area contributed by atoms with Crippen LogP contribution in [0.1, 0.15) is 12.5 Å². The van der Waals surface area contributed by atoms with Gasteiger partial charge in [-0.15, -0.1) is 0 Å². The van der Waals surface area contributed by atoms with Gasteiger partial charge < -0.3 is 19.9 Å². The van der Waals surface area contributed by atoms with Gasteiger partial charge in [-0.2, -0.15) is 0 Å². The van der Waals surface area contributed by atoms with Crippen LogP contribution in [0, 0.1) is 0 Å². The van der Waals surface area contributed by atoms with Crippen molar-refractivity contribution in [3.8, 4) is 11.5 Å². The highest BCUT2D eigenvalue weighted by atomic mass is 16.5. The van der Waals surface area contributed by atoms with E-state index in [-0.39, 0.29) is 0 Å². The van der Waals surface area contributed by atoms with Crippen LogP contribution >= 0.6 is 0 Å². The van der Waals surface area contributed by atoms with Crippen LogP contribution in [0.2, 0.25) is 0 Å². The molecule has 0 aliphatic heterocycles. The van der Waals surface area contributed by atoms with Crippen LogP contribution in [-0.2, 0) is 16.0 Å². The van der Waals surface area contributed by atoms with E-state index in [1.165, 1.54) is 7.11 Å². The number of rotatable bonds is 5. The number of benzene rings is 1. The molecule has 0 amide bonds. The van der Waals surface area contributed by atoms with Crippen LogP contribution in [0.3, 0.4) is 0 Å². The predicted molar refractivity (Wildman–Crippen MR) is 67.9 cm³/mol. The first kappa shape index (κ1) is 14.3. The minimum Gasteiger partial charge on any atom is -0.497 e. The predicted octanol–water partition coefficient (Wildman–Crippen LogP) is 1.14. The summed E-state index contributed by atoms with van der Waals surface area (Å²) in [4.78, 5) is 11.5. The van der Waals surface area contributed by atoms with Crippen molar-refractivity contribution < 1.29 is 19.0 Å². The normalized spacial score (nSPS) is 13.6. The third-order valence-electron chi connectivity index (χ3n) is 2.70. The lowest BCUT2D eigenvalue weighted by atomic mass is 9.93. The quantitative estimate of drug-likeness (QED) is 0.797. The first-order valence-corrected chi connectivity index (χ1v) is 5.53. The van der Waals surface area contributed by atoms with Crippen molar-refractivity contribution in [1.82, 2.24) is 0 Å². The van der Waals surface area contributed by atoms with Crippen LogP contribution in [0.15, 0.2) is 18.2 Å². The molecule has 0 radical (unpaired) electrons. The lowest BCUT2D eigenvalue weighted by molar-refractivity contribution is -0.146. The minimum atomic E-state index is -1.09. The largest absolute Gasteiger partial charge is 0.497 e. The Morgan fingerprint density at radius 3 is 2.44 bits per heavy atom. The van der Waals surface area contributed by atoms with Crippen LogP contribution < -0.4 is 15.2 Å². The van der Waals surface area contributed by atoms with E-state index in [9.17, 15) is 4.79 Å². The molecule has 1 atom stereocenters. The van der Waals surface area contributed by atoms with Gasteiger partial charge in [-0.25, -0.2) is 0 Å². The average molecular weight is 253 g/mol. The van der Waals surface area contributed by atoms with Crippen LogP contribution in [-0.4, -0.2) is 32.8 Å². The van der Waals surface area contributed by atoms with E-state index in [0.717, 1.165) is 5.56 Å². The fourth-order valence-corrected chi connectivity index (χ4v) is 1.70. The van der Waals surface area contributed by atoms with Gasteiger partial charge in [0, 0.05) is 12.5 Å². The standard InChI is InChI=1S/C13H19NO4/c1-13(14,12(15)18-4)8-9-5-6-10(16-2)7-11(9)17-3/h5-7H,8,14H2,1-4H3. The number of methoxy groups -OCH3 is 3. The number of nitrogens with two attached hydrogens (primary N) is 1. The van der Waals surface area contributed by atoms with Crippen LogP contribution in [0.5, 0.6) is 11.5 Å². The molecule has 0 aliphatic rings. The molecule has 0 bridgehead atoms. The van der Waals surface area contributed by atoms with Gasteiger partial charge >= 0.3 is 5.97 Å². The van der Waals surface area contributed by atoms with Gasteiger partial charge in [0.15, 0.2) is 0 Å². The highest BCUT2D eigenvalue weighted by Gasteiger charge is 2.30. The van der Waals surface area contributed by atoms with E-state index in [2.05, 4.69) is 4.74 Å². The Morgan fingerprint density at radius 1 is 1.28 bits per heavy atom. The van der Waals surface area contributed by atoms with Gasteiger partial charge in [-0.3, -0.25) is 4.79 Å². The summed E-state index contributed by atoms with van der Waals surface area (Å²) in [5.41, 5.74) is 5.68. The minimum absolute atomic E-state index is 0.326. The molecule has 1 rings (SSSR count). The van der Waals surface area contributed by atoms with Gasteiger partial charge in [0.1, 0.15) is 17.0 Å². The van der Waals surface area contributed by atoms with Crippen LogP contribution in [0.4, 0.5) is 0 Å². The van der Waals surface area contributed by atoms with E-state index >= 15 is 0 Å². The van der Waals surface area contributed by atoms with Crippen molar-refractivity contribution in [3.63, 3.8) is 0 Å². The summed E-state index contributed by atoms with van der Waals surface area (Å²) < 4.78 is 15.0. The second-order valence-corrected chi connectivity index (χ2v) is 4.26. The molecular weight excluding hydrogens is 234 g/mol. The van der Waals surface area contributed by atoms with E-state index < -0.39 is 11.5 Å². The monoisotopic (exact) mass is 253 g/mol. The van der Waals surface area contributed by atoms with Gasteiger partial charge in [-0.05, 0) is 18.6 Å². The Labute approximate surface area is 107 Å². The number of esters is 1. The van der Waals surface area contributed by atoms with E-state index in [0.29, 0.717) is 17.9 Å². The molecule has 0 saturated heterocycles. The maximum atomic E-state index is 11.5. The molecule has 0 saturated carbocycles. The Kier molecular flexibility index (Phi) is 4.55. The molecular formula is C13H19NO4. The first-order valence-electron chi connectivity index (χ1n) is 5.53. The molecule has 1 aromatic carbocycles. The summed E-state index contributed by atoms with van der Waals surface area (Å²) in [7, 11) is 4.46. The molecule has 5 nitrogen and oxygen atoms in total. The summed E-state index contributed by atoms with van der Waals surface area (Å²) in [6.45, 7) is 1.63. The second-order valence-electron chi connectivity index (χ2n) is 4.26. The molecule has 5 heteroatoms. The third kappa shape index (κ3) is 3.13. The number of hydrogen-bond acceptors (Lipinski definition) is 5. The third-order valence-corrected chi connectivity index (χ3v) is 2.70. The Balaban J connectivity index is 3.00. The topological polar surface area (TPSA) is 70.8 Å². The van der Waals surface area contributed by atoms with E-state index in [4.69, 9.17) is 15.2 Å². The van der Waals surface area contributed by atoms with Gasteiger partial charge in [-0.1, -0.05) is 6.07 Å². The Morgan fingerprint density at radius 2 is 1.94 bits per heavy atom. The molecule has 0 aliphatic carbocycles. The molecule has 0 aromatic heterocycles. The summed E-state index contributed by atoms with van der Waals surface area (Å²) in [6, 6.07) is 5.37. The summed E-state index contributed by atoms with van der Waals surface area (Å²) in [5, 5.41) is 0. The van der Waals surface area contributed by atoms with E-state index in [1.807, 2.05) is 6.07 Å². The smallest absolute Gasteiger partial charge is 0.325 e. The molecule has 1 aromatic rings. The van der Waals surface area contributed by atoms with Crippen molar-refractivity contribution in [2.75, 3.05) is 21.3 Å². The molecule has 100 valence electrons. The molecule has 18 heavy (non-hydrogen) atoms. The molecule has 0 fully saturated rings. The molecule has 0 heterocycles. The molecule has 1 unspecified atom stereocenters. The number of ether oxygens (including phenoxy) is 3. The van der Waals surface area contributed by atoms with E-state index in [1.54, 1.807) is 33.3 Å². The van der Waals surface area contributed by atoms with Crippen LogP contribution in [0.25, 0.3) is 0 Å². The fourth-order valence-electron chi connectivity index (χ4n) is 1.70. The van der Waals surface area contributed by atoms with Gasteiger partial charge in [0.25, 0.3) is 0 Å². The Hall–Kier alpha value is -1.75. The lowest BCUT2D eigenvalue weighted by Crippen LogP contribution is -2.47. The molecule has 0 spiro atoms. The first-order chi connectivity index (χ1) is 8.44. The van der Waals surface area contributed by atoms with Crippen molar-refractivity contribution in [2.24, 2.45) is 5.73 Å². The zero-order valence-electron chi connectivity index (χ0n) is 11.1. The molecule has 2 N–H and O–H groups in total. The second kappa shape index (κ2) is 5.73. The highest BCUT2D eigenvalue weighted by molar-refractivity contribution is 5.80. The van der Waals surface area contributed by atoms with Gasteiger partial charge in [0.05, 0.1) is 21.3 Å². The fraction of sp³-hybridized carbons (Fsp3) is 0.462. The number of hydrogen-bond donors (Lipinski definition) is 1. The van der Waals surface area contributed by atoms with Gasteiger partial charge in [0.2, 0.25) is 0 Å². The maximum absolute atomic E-state index is 11.5. The zero-order chi connectivity index (χ0) is 13.8. The highest BCUT2D eigenvalue weighted by Crippen LogP contribution is 2.27. The number of carbonyl (C=O) groups is 1. The maximum Gasteiger partial charge on any atom is 0.325 e. The lowest BCUT2D eigenvalue weighted by Gasteiger charge is -2.22. The van der Waals surface area contributed by atoms with Crippen molar-refractivity contribution in [3.05, 3.63) is 23.8 Å². The zero-order valence-corrected chi connectivity index (χ0v) is 11.1.